The molecule has 3 nitrogen and oxygen atoms in total. The maximum absolute atomic E-state index is 5.38. The van der Waals surface area contributed by atoms with Gasteiger partial charge in [-0.15, -0.1) is 6.42 Å². The molecule has 0 amide bonds. The van der Waals surface area contributed by atoms with E-state index in [2.05, 4.69) is 27.7 Å². The van der Waals surface area contributed by atoms with Gasteiger partial charge >= 0.3 is 0 Å². The summed E-state index contributed by atoms with van der Waals surface area (Å²) in [5.74, 6) is 2.70. The van der Waals surface area contributed by atoms with Crippen LogP contribution in [0.2, 0.25) is 0 Å². The van der Waals surface area contributed by atoms with E-state index in [1.165, 1.54) is 0 Å². The van der Waals surface area contributed by atoms with Crippen LogP contribution in [0, 0.1) is 12.3 Å². The third kappa shape index (κ3) is 2.61. The summed E-state index contributed by atoms with van der Waals surface area (Å²) in [5.41, 5.74) is 0.902. The van der Waals surface area contributed by atoms with Crippen LogP contribution in [0.25, 0.3) is 0 Å². The van der Waals surface area contributed by atoms with Gasteiger partial charge in [0.05, 0.1) is 17.6 Å². The zero-order chi connectivity index (χ0) is 10.6. The molecule has 0 aromatic carbocycles. The van der Waals surface area contributed by atoms with E-state index in [0.29, 0.717) is 0 Å². The molecule has 1 N–H and O–H groups in total. The largest absolute Gasteiger partial charge is 0.334 e. The summed E-state index contributed by atoms with van der Waals surface area (Å²) in [7, 11) is 0. The first kappa shape index (κ1) is 10.8. The normalized spacial score (nSPS) is 11.3. The van der Waals surface area contributed by atoms with Crippen molar-refractivity contribution in [1.82, 2.24) is 14.9 Å². The standard InChI is InChI=1S/C11H17N3/c1-5-11(3,4)13-8-10-7-12-9-14(10)6-2/h1,7,9,13H,6,8H2,2-4H3. The molecule has 0 spiro atoms. The van der Waals surface area contributed by atoms with Crippen molar-refractivity contribution in [1.29, 1.82) is 0 Å². The topological polar surface area (TPSA) is 29.9 Å². The monoisotopic (exact) mass is 191 g/mol. The Balaban J connectivity index is 2.59. The van der Waals surface area contributed by atoms with Crippen LogP contribution in [-0.2, 0) is 13.1 Å². The fourth-order valence-corrected chi connectivity index (χ4v) is 1.14. The van der Waals surface area contributed by atoms with Crippen LogP contribution in [-0.4, -0.2) is 15.1 Å². The Morgan fingerprint density at radius 1 is 1.64 bits per heavy atom. The van der Waals surface area contributed by atoms with Gasteiger partial charge in [0.25, 0.3) is 0 Å². The molecule has 1 aromatic heterocycles. The van der Waals surface area contributed by atoms with E-state index in [4.69, 9.17) is 6.42 Å². The Labute approximate surface area is 85.5 Å². The molecule has 0 saturated heterocycles. The maximum Gasteiger partial charge on any atom is 0.0948 e. The summed E-state index contributed by atoms with van der Waals surface area (Å²) in [6.45, 7) is 7.76. The fourth-order valence-electron chi connectivity index (χ4n) is 1.14. The van der Waals surface area contributed by atoms with E-state index in [-0.39, 0.29) is 5.54 Å². The third-order valence-electron chi connectivity index (χ3n) is 2.21. The number of imidazole rings is 1. The number of aryl methyl sites for hydroxylation is 1. The maximum atomic E-state index is 5.38. The van der Waals surface area contributed by atoms with Crippen LogP contribution in [0.15, 0.2) is 12.5 Å². The van der Waals surface area contributed by atoms with E-state index in [9.17, 15) is 0 Å². The first-order valence-electron chi connectivity index (χ1n) is 4.81. The number of aromatic nitrogens is 2. The Morgan fingerprint density at radius 3 is 2.93 bits per heavy atom. The summed E-state index contributed by atoms with van der Waals surface area (Å²) in [6.07, 6.45) is 9.08. The number of rotatable bonds is 4. The highest BCUT2D eigenvalue weighted by atomic mass is 15.1. The van der Waals surface area contributed by atoms with Gasteiger partial charge in [-0.2, -0.15) is 0 Å². The molecule has 0 aliphatic rings. The molecule has 0 aliphatic carbocycles. The second kappa shape index (κ2) is 4.30. The SMILES string of the molecule is C#CC(C)(C)NCc1cncn1CC. The first-order valence-corrected chi connectivity index (χ1v) is 4.81. The average Bonchev–Trinajstić information content (AvgIpc) is 2.62. The lowest BCUT2D eigenvalue weighted by Gasteiger charge is -2.19. The van der Waals surface area contributed by atoms with Gasteiger partial charge in [-0.3, -0.25) is 5.32 Å². The van der Waals surface area contributed by atoms with Crippen molar-refractivity contribution in [2.75, 3.05) is 0 Å². The highest BCUT2D eigenvalue weighted by Crippen LogP contribution is 2.04. The van der Waals surface area contributed by atoms with Crippen molar-refractivity contribution in [3.8, 4) is 12.3 Å². The quantitative estimate of drug-likeness (QED) is 0.729. The van der Waals surface area contributed by atoms with Gasteiger partial charge < -0.3 is 4.57 Å². The van der Waals surface area contributed by atoms with Gasteiger partial charge in [0, 0.05) is 19.3 Å². The molecule has 1 aromatic rings. The summed E-state index contributed by atoms with van der Waals surface area (Å²) >= 11 is 0. The molecule has 0 aliphatic heterocycles. The highest BCUT2D eigenvalue weighted by molar-refractivity contribution is 5.09. The first-order chi connectivity index (χ1) is 6.59. The lowest BCUT2D eigenvalue weighted by molar-refractivity contribution is 0.478. The Hall–Kier alpha value is -1.27. The summed E-state index contributed by atoms with van der Waals surface area (Å²) in [4.78, 5) is 4.09. The van der Waals surface area contributed by atoms with E-state index < -0.39 is 0 Å². The minimum atomic E-state index is -0.261. The minimum absolute atomic E-state index is 0.261. The number of hydrogen-bond acceptors (Lipinski definition) is 2. The lowest BCUT2D eigenvalue weighted by Crippen LogP contribution is -2.37. The second-order valence-corrected chi connectivity index (χ2v) is 3.79. The van der Waals surface area contributed by atoms with Gasteiger partial charge in [-0.05, 0) is 20.8 Å². The molecule has 1 heterocycles. The van der Waals surface area contributed by atoms with Crippen LogP contribution in [0.1, 0.15) is 26.5 Å². The number of hydrogen-bond donors (Lipinski definition) is 1. The smallest absolute Gasteiger partial charge is 0.0948 e. The van der Waals surface area contributed by atoms with Crippen LogP contribution < -0.4 is 5.32 Å². The highest BCUT2D eigenvalue weighted by Gasteiger charge is 2.13. The molecule has 0 atom stereocenters. The molecule has 1 rings (SSSR count). The van der Waals surface area contributed by atoms with Crippen LogP contribution in [0.3, 0.4) is 0 Å². The van der Waals surface area contributed by atoms with Crippen molar-refractivity contribution in [3.05, 3.63) is 18.2 Å². The van der Waals surface area contributed by atoms with Crippen molar-refractivity contribution in [3.63, 3.8) is 0 Å². The predicted molar refractivity (Wildman–Crippen MR) is 57.7 cm³/mol. The molecule has 14 heavy (non-hydrogen) atoms. The molecular formula is C11H17N3. The number of nitrogens with zero attached hydrogens (tertiary/aromatic N) is 2. The summed E-state index contributed by atoms with van der Waals surface area (Å²) in [5, 5.41) is 3.29. The van der Waals surface area contributed by atoms with E-state index in [1.54, 1.807) is 0 Å². The molecule has 76 valence electrons. The Kier molecular flexibility index (Phi) is 3.32. The summed E-state index contributed by atoms with van der Waals surface area (Å²) < 4.78 is 2.10. The zero-order valence-corrected chi connectivity index (χ0v) is 9.04. The van der Waals surface area contributed by atoms with Crippen molar-refractivity contribution < 1.29 is 0 Å². The number of nitrogens with one attached hydrogen (secondary N) is 1. The zero-order valence-electron chi connectivity index (χ0n) is 9.04. The minimum Gasteiger partial charge on any atom is -0.334 e. The van der Waals surface area contributed by atoms with Crippen LogP contribution >= 0.6 is 0 Å². The molecule has 0 bridgehead atoms. The fraction of sp³-hybridized carbons (Fsp3) is 0.545. The van der Waals surface area contributed by atoms with Gasteiger partial charge in [-0.25, -0.2) is 4.98 Å². The second-order valence-electron chi connectivity index (χ2n) is 3.79. The van der Waals surface area contributed by atoms with Gasteiger partial charge in [0.1, 0.15) is 0 Å². The van der Waals surface area contributed by atoms with Gasteiger partial charge in [-0.1, -0.05) is 5.92 Å². The van der Waals surface area contributed by atoms with Crippen molar-refractivity contribution in [2.45, 2.75) is 39.4 Å². The van der Waals surface area contributed by atoms with E-state index >= 15 is 0 Å². The Morgan fingerprint density at radius 2 is 2.36 bits per heavy atom. The van der Waals surface area contributed by atoms with E-state index in [1.807, 2.05) is 26.4 Å². The van der Waals surface area contributed by atoms with Gasteiger partial charge in [0.2, 0.25) is 0 Å². The molecule has 0 fully saturated rings. The Bertz CT molecular complexity index is 331. The lowest BCUT2D eigenvalue weighted by atomic mass is 10.1. The molecule has 0 unspecified atom stereocenters. The van der Waals surface area contributed by atoms with E-state index in [0.717, 1.165) is 18.8 Å². The molecule has 0 radical (unpaired) electrons. The number of terminal acetylenes is 1. The molecular weight excluding hydrogens is 174 g/mol. The van der Waals surface area contributed by atoms with Crippen molar-refractivity contribution >= 4 is 0 Å². The average molecular weight is 191 g/mol. The van der Waals surface area contributed by atoms with Gasteiger partial charge in [0.15, 0.2) is 0 Å². The van der Waals surface area contributed by atoms with Crippen LogP contribution in [0.4, 0.5) is 0 Å². The third-order valence-corrected chi connectivity index (χ3v) is 2.21. The molecule has 3 heteroatoms. The molecule has 0 saturated carbocycles. The summed E-state index contributed by atoms with van der Waals surface area (Å²) in [6, 6.07) is 0. The predicted octanol–water partition coefficient (Wildman–Crippen LogP) is 1.40. The van der Waals surface area contributed by atoms with Crippen molar-refractivity contribution in [2.24, 2.45) is 0 Å². The van der Waals surface area contributed by atoms with Crippen LogP contribution in [0.5, 0.6) is 0 Å².